The molecule has 1 aromatic carbocycles. The molecule has 1 heterocycles. The van der Waals surface area contributed by atoms with Crippen LogP contribution < -0.4 is 0 Å². The smallest absolute Gasteiger partial charge is 0.254 e. The molecule has 44 heavy (non-hydrogen) atoms. The first-order valence-corrected chi connectivity index (χ1v) is 19.0. The number of carbonyl (C=O) groups is 2. The number of carbonyl (C=O) groups excluding carboxylic acids is 2. The predicted octanol–water partition coefficient (Wildman–Crippen LogP) is 10.0. The molecule has 0 radical (unpaired) electrons. The molecule has 0 spiro atoms. The molecule has 2 amide bonds. The highest BCUT2D eigenvalue weighted by atomic mass is 35.5. The first kappa shape index (κ1) is 33.8. The second kappa shape index (κ2) is 14.9. The molecule has 0 unspecified atom stereocenters. The number of rotatable bonds is 14. The Morgan fingerprint density at radius 2 is 1.48 bits per heavy atom. The molecule has 246 valence electrons. The lowest BCUT2D eigenvalue weighted by Crippen LogP contribution is -2.62. The molecule has 4 fully saturated rings. The van der Waals surface area contributed by atoms with Crippen molar-refractivity contribution in [2.45, 2.75) is 154 Å². The number of piperidine rings is 1. The molecular weight excluding hydrogens is 564 g/mol. The Morgan fingerprint density at radius 1 is 0.841 bits per heavy atom. The first-order valence-electron chi connectivity index (χ1n) is 18.5. The second-order valence-corrected chi connectivity index (χ2v) is 15.9. The molecule has 4 aliphatic rings. The summed E-state index contributed by atoms with van der Waals surface area (Å²) in [6.45, 7) is 8.22. The third-order valence-electron chi connectivity index (χ3n) is 13.3. The summed E-state index contributed by atoms with van der Waals surface area (Å²) in [6, 6.07) is 8.76. The Hall–Kier alpha value is -1.55. The standard InChI is InChI=1S/C39H61ClN2O2/c1-5-6-7-8-9-10-11-12-13-14-27-42(37(44)30-17-15-29(28-40)16-18-30)35-22-20-32-31-19-21-34-38(2,26-24-36(43)41(34)4)33(31)23-25-39(32,35)3/h15-18,31-35H,5-14,19-28H2,1-4H3/t31-,32-,33-,34+,35-,38+,39-/m0/s1. The number of hydrogen-bond donors (Lipinski definition) is 0. The third kappa shape index (κ3) is 6.77. The molecule has 1 saturated heterocycles. The highest BCUT2D eigenvalue weighted by molar-refractivity contribution is 6.17. The lowest BCUT2D eigenvalue weighted by atomic mass is 9.47. The molecule has 1 aliphatic heterocycles. The minimum absolute atomic E-state index is 0.172. The molecule has 3 aliphatic carbocycles. The maximum Gasteiger partial charge on any atom is 0.254 e. The summed E-state index contributed by atoms with van der Waals surface area (Å²) in [4.78, 5) is 31.3. The molecule has 7 atom stereocenters. The number of unbranched alkanes of at least 4 members (excludes halogenated alkanes) is 9. The van der Waals surface area contributed by atoms with Gasteiger partial charge in [0, 0.05) is 43.5 Å². The molecule has 0 bridgehead atoms. The van der Waals surface area contributed by atoms with Crippen molar-refractivity contribution in [1.82, 2.24) is 9.80 Å². The molecular formula is C39H61ClN2O2. The predicted molar refractivity (Wildman–Crippen MR) is 183 cm³/mol. The van der Waals surface area contributed by atoms with E-state index in [1.165, 1.54) is 83.5 Å². The minimum Gasteiger partial charge on any atom is -0.342 e. The monoisotopic (exact) mass is 624 g/mol. The van der Waals surface area contributed by atoms with Gasteiger partial charge in [-0.05, 0) is 97.6 Å². The van der Waals surface area contributed by atoms with Crippen LogP contribution >= 0.6 is 11.6 Å². The molecule has 0 N–H and O–H groups in total. The maximum atomic E-state index is 14.3. The van der Waals surface area contributed by atoms with Gasteiger partial charge < -0.3 is 9.80 Å². The van der Waals surface area contributed by atoms with E-state index < -0.39 is 0 Å². The number of likely N-dealkylation sites (tertiary alicyclic amines) is 1. The van der Waals surface area contributed by atoms with Crippen LogP contribution in [0.15, 0.2) is 24.3 Å². The number of fused-ring (bicyclic) bond motifs is 5. The van der Waals surface area contributed by atoms with Crippen molar-refractivity contribution in [2.24, 2.45) is 28.6 Å². The van der Waals surface area contributed by atoms with E-state index >= 15 is 0 Å². The topological polar surface area (TPSA) is 40.6 Å². The fraction of sp³-hybridized carbons (Fsp3) is 0.795. The molecule has 4 nitrogen and oxygen atoms in total. The van der Waals surface area contributed by atoms with Gasteiger partial charge in [-0.2, -0.15) is 0 Å². The van der Waals surface area contributed by atoms with Gasteiger partial charge in [-0.15, -0.1) is 11.6 Å². The van der Waals surface area contributed by atoms with Crippen molar-refractivity contribution in [3.8, 4) is 0 Å². The molecule has 0 aromatic heterocycles. The average Bonchev–Trinajstić information content (AvgIpc) is 3.38. The zero-order chi connectivity index (χ0) is 31.3. The zero-order valence-electron chi connectivity index (χ0n) is 28.4. The Morgan fingerprint density at radius 3 is 2.14 bits per heavy atom. The third-order valence-corrected chi connectivity index (χ3v) is 13.6. The Bertz CT molecular complexity index is 1110. The minimum atomic E-state index is 0.172. The van der Waals surface area contributed by atoms with Gasteiger partial charge in [0.2, 0.25) is 5.91 Å². The van der Waals surface area contributed by atoms with Crippen LogP contribution in [0.4, 0.5) is 0 Å². The fourth-order valence-corrected chi connectivity index (χ4v) is 10.9. The van der Waals surface area contributed by atoms with Gasteiger partial charge in [0.25, 0.3) is 5.91 Å². The van der Waals surface area contributed by atoms with Crippen molar-refractivity contribution in [1.29, 1.82) is 0 Å². The number of hydrogen-bond acceptors (Lipinski definition) is 2. The van der Waals surface area contributed by atoms with E-state index in [-0.39, 0.29) is 16.7 Å². The van der Waals surface area contributed by atoms with Crippen molar-refractivity contribution in [2.75, 3.05) is 13.6 Å². The maximum absolute atomic E-state index is 14.3. The molecule has 3 saturated carbocycles. The van der Waals surface area contributed by atoms with Gasteiger partial charge in [-0.3, -0.25) is 9.59 Å². The van der Waals surface area contributed by atoms with Crippen LogP contribution in [-0.2, 0) is 10.7 Å². The van der Waals surface area contributed by atoms with Crippen LogP contribution in [0.2, 0.25) is 0 Å². The van der Waals surface area contributed by atoms with E-state index in [0.717, 1.165) is 49.3 Å². The number of alkyl halides is 1. The summed E-state index contributed by atoms with van der Waals surface area (Å²) in [5.74, 6) is 3.13. The Kier molecular flexibility index (Phi) is 11.5. The largest absolute Gasteiger partial charge is 0.342 e. The highest BCUT2D eigenvalue weighted by Crippen LogP contribution is 2.65. The van der Waals surface area contributed by atoms with E-state index in [2.05, 4.69) is 37.6 Å². The van der Waals surface area contributed by atoms with Crippen LogP contribution in [0.5, 0.6) is 0 Å². The fourth-order valence-electron chi connectivity index (χ4n) is 10.7. The van der Waals surface area contributed by atoms with Gasteiger partial charge in [-0.1, -0.05) is 90.7 Å². The van der Waals surface area contributed by atoms with Crippen molar-refractivity contribution >= 4 is 23.4 Å². The molecule has 1 aromatic rings. The number of amides is 2. The summed E-state index contributed by atoms with van der Waals surface area (Å²) < 4.78 is 0. The lowest BCUT2D eigenvalue weighted by molar-refractivity contribution is -0.158. The quantitative estimate of drug-likeness (QED) is 0.153. The van der Waals surface area contributed by atoms with Crippen LogP contribution in [0, 0.1) is 28.6 Å². The highest BCUT2D eigenvalue weighted by Gasteiger charge is 2.62. The van der Waals surface area contributed by atoms with Crippen LogP contribution in [-0.4, -0.2) is 47.3 Å². The first-order chi connectivity index (χ1) is 21.2. The molecule has 5 heteroatoms. The number of nitrogens with zero attached hydrogens (tertiary/aromatic N) is 2. The van der Waals surface area contributed by atoms with Gasteiger partial charge in [-0.25, -0.2) is 0 Å². The van der Waals surface area contributed by atoms with E-state index in [1.54, 1.807) is 0 Å². The zero-order valence-corrected chi connectivity index (χ0v) is 29.2. The van der Waals surface area contributed by atoms with E-state index in [1.807, 2.05) is 24.3 Å². The van der Waals surface area contributed by atoms with Crippen molar-refractivity contribution < 1.29 is 9.59 Å². The Labute approximate surface area is 274 Å². The summed E-state index contributed by atoms with van der Waals surface area (Å²) in [6.07, 6.45) is 22.1. The van der Waals surface area contributed by atoms with Gasteiger partial charge in [0.05, 0.1) is 0 Å². The lowest BCUT2D eigenvalue weighted by Gasteiger charge is -2.62. The van der Waals surface area contributed by atoms with E-state index in [4.69, 9.17) is 11.6 Å². The van der Waals surface area contributed by atoms with Gasteiger partial charge in [0.15, 0.2) is 0 Å². The van der Waals surface area contributed by atoms with E-state index in [9.17, 15) is 9.59 Å². The van der Waals surface area contributed by atoms with E-state index in [0.29, 0.717) is 42.1 Å². The normalized spacial score (nSPS) is 33.1. The van der Waals surface area contributed by atoms with Crippen molar-refractivity contribution in [3.63, 3.8) is 0 Å². The second-order valence-electron chi connectivity index (χ2n) is 15.6. The van der Waals surface area contributed by atoms with Gasteiger partial charge >= 0.3 is 0 Å². The molecule has 5 rings (SSSR count). The number of halogens is 1. The summed E-state index contributed by atoms with van der Waals surface area (Å²) in [7, 11) is 2.06. The average molecular weight is 625 g/mol. The Balaban J connectivity index is 1.27. The summed E-state index contributed by atoms with van der Waals surface area (Å²) in [5.41, 5.74) is 2.29. The SMILES string of the molecule is CCCCCCCCCCCCN(C(=O)c1ccc(CCl)cc1)[C@H]1CC[C@H]2[C@@H]3CC[C@H]4N(C)C(=O)CC[C@]4(C)[C@H]3CC[C@]12C. The van der Waals surface area contributed by atoms with Gasteiger partial charge in [0.1, 0.15) is 0 Å². The van der Waals surface area contributed by atoms with Crippen LogP contribution in [0.1, 0.15) is 152 Å². The summed E-state index contributed by atoms with van der Waals surface area (Å²) >= 11 is 6.08. The van der Waals surface area contributed by atoms with Crippen LogP contribution in [0.25, 0.3) is 0 Å². The number of benzene rings is 1. The van der Waals surface area contributed by atoms with Crippen molar-refractivity contribution in [3.05, 3.63) is 35.4 Å². The summed E-state index contributed by atoms with van der Waals surface area (Å²) in [5, 5.41) is 0. The van der Waals surface area contributed by atoms with Crippen LogP contribution in [0.3, 0.4) is 0 Å².